The first-order valence-corrected chi connectivity index (χ1v) is 12.9. The highest BCUT2D eigenvalue weighted by atomic mass is 127. The van der Waals surface area contributed by atoms with E-state index in [1.807, 2.05) is 60.7 Å². The molecule has 190 valence electrons. The summed E-state index contributed by atoms with van der Waals surface area (Å²) in [6.45, 7) is 3.78. The Morgan fingerprint density at radius 2 is 1.78 bits per heavy atom. The van der Waals surface area contributed by atoms with Gasteiger partial charge < -0.3 is 20.1 Å². The van der Waals surface area contributed by atoms with Crippen LogP contribution in [0.25, 0.3) is 6.08 Å². The summed E-state index contributed by atoms with van der Waals surface area (Å²) in [6, 6.07) is 17.4. The average Bonchev–Trinajstić information content (AvgIpc) is 2.84. The van der Waals surface area contributed by atoms with Crippen molar-refractivity contribution in [3.63, 3.8) is 0 Å². The molecule has 37 heavy (non-hydrogen) atoms. The molecular formula is C27H22Cl2IN3O4. The van der Waals surface area contributed by atoms with Crippen LogP contribution in [0.15, 0.2) is 60.2 Å². The van der Waals surface area contributed by atoms with Gasteiger partial charge in [0.1, 0.15) is 11.6 Å². The van der Waals surface area contributed by atoms with Gasteiger partial charge in [0.05, 0.1) is 20.2 Å². The van der Waals surface area contributed by atoms with Crippen molar-refractivity contribution in [3.8, 4) is 17.6 Å². The molecule has 0 radical (unpaired) electrons. The highest BCUT2D eigenvalue weighted by molar-refractivity contribution is 14.1. The van der Waals surface area contributed by atoms with Crippen molar-refractivity contribution in [2.24, 2.45) is 0 Å². The summed E-state index contributed by atoms with van der Waals surface area (Å²) >= 11 is 13.9. The number of nitrogens with zero attached hydrogens (tertiary/aromatic N) is 1. The van der Waals surface area contributed by atoms with E-state index in [4.69, 9.17) is 32.7 Å². The predicted octanol–water partition coefficient (Wildman–Crippen LogP) is 6.87. The summed E-state index contributed by atoms with van der Waals surface area (Å²) in [5, 5.41) is 15.7. The van der Waals surface area contributed by atoms with Gasteiger partial charge in [0, 0.05) is 11.4 Å². The van der Waals surface area contributed by atoms with Gasteiger partial charge in [-0.25, -0.2) is 0 Å². The molecule has 2 amide bonds. The summed E-state index contributed by atoms with van der Waals surface area (Å²) in [5.41, 5.74) is 2.55. The number of nitriles is 1. The number of nitrogens with one attached hydrogen (secondary N) is 2. The van der Waals surface area contributed by atoms with Crippen molar-refractivity contribution in [3.05, 3.63) is 84.9 Å². The lowest BCUT2D eigenvalue weighted by atomic mass is 10.1. The van der Waals surface area contributed by atoms with E-state index in [0.29, 0.717) is 48.7 Å². The summed E-state index contributed by atoms with van der Waals surface area (Å²) < 4.78 is 12.1. The number of ether oxygens (including phenoxy) is 2. The maximum absolute atomic E-state index is 12.7. The van der Waals surface area contributed by atoms with E-state index in [1.54, 1.807) is 36.4 Å². The van der Waals surface area contributed by atoms with E-state index < -0.39 is 11.8 Å². The molecule has 0 aliphatic carbocycles. The van der Waals surface area contributed by atoms with Crippen LogP contribution in [0.3, 0.4) is 0 Å². The van der Waals surface area contributed by atoms with Gasteiger partial charge in [0.2, 0.25) is 0 Å². The monoisotopic (exact) mass is 649 g/mol. The van der Waals surface area contributed by atoms with Crippen LogP contribution < -0.4 is 20.1 Å². The number of aryl methyl sites for hydroxylation is 1. The fourth-order valence-electron chi connectivity index (χ4n) is 3.22. The Morgan fingerprint density at radius 3 is 2.46 bits per heavy atom. The van der Waals surface area contributed by atoms with E-state index in [-0.39, 0.29) is 12.2 Å². The van der Waals surface area contributed by atoms with Crippen molar-refractivity contribution < 1.29 is 19.1 Å². The van der Waals surface area contributed by atoms with Crippen molar-refractivity contribution in [1.82, 2.24) is 0 Å². The highest BCUT2D eigenvalue weighted by Gasteiger charge is 2.16. The lowest BCUT2D eigenvalue weighted by molar-refractivity contribution is -0.118. The topological polar surface area (TPSA) is 100 Å². The van der Waals surface area contributed by atoms with Crippen LogP contribution in [-0.4, -0.2) is 25.0 Å². The fourth-order valence-corrected chi connectivity index (χ4v) is 4.30. The largest absolute Gasteiger partial charge is 0.490 e. The Hall–Kier alpha value is -3.26. The molecule has 3 aromatic rings. The van der Waals surface area contributed by atoms with Crippen LogP contribution in [0, 0.1) is 21.8 Å². The normalized spacial score (nSPS) is 10.9. The molecule has 0 spiro atoms. The standard InChI is InChI=1S/C27H22Cl2IN3O4/c1-3-36-24-12-17(10-18(14-31)27(35)33-19-6-4-5-16(2)9-19)11-23(30)26(24)37-15-25(34)32-20-7-8-21(28)22(29)13-20/h4-13H,3,15H2,1-2H3,(H,32,34)(H,33,35)/b18-10+. The SMILES string of the molecule is CCOc1cc(/C=C(\C#N)C(=O)Nc2cccc(C)c2)cc(I)c1OCC(=O)Nc1ccc(Cl)c(Cl)c1. The molecule has 7 nitrogen and oxygen atoms in total. The van der Waals surface area contributed by atoms with Crippen molar-refractivity contribution >= 4 is 75.1 Å². The molecule has 0 atom stereocenters. The number of carbonyl (C=O) groups is 2. The molecule has 0 fully saturated rings. The Morgan fingerprint density at radius 1 is 1.03 bits per heavy atom. The average molecular weight is 650 g/mol. The van der Waals surface area contributed by atoms with Crippen LogP contribution in [0.5, 0.6) is 11.5 Å². The number of anilines is 2. The highest BCUT2D eigenvalue weighted by Crippen LogP contribution is 2.35. The van der Waals surface area contributed by atoms with E-state index in [2.05, 4.69) is 10.6 Å². The Bertz CT molecular complexity index is 1400. The van der Waals surface area contributed by atoms with Gasteiger partial charge in [-0.05, 0) is 96.1 Å². The Kier molecular flexibility index (Phi) is 10.2. The lowest BCUT2D eigenvalue weighted by Crippen LogP contribution is -2.20. The summed E-state index contributed by atoms with van der Waals surface area (Å²) in [4.78, 5) is 25.1. The smallest absolute Gasteiger partial charge is 0.266 e. The number of hydrogen-bond acceptors (Lipinski definition) is 5. The zero-order valence-corrected chi connectivity index (χ0v) is 23.6. The van der Waals surface area contributed by atoms with Crippen molar-refractivity contribution in [1.29, 1.82) is 5.26 Å². The summed E-state index contributed by atoms with van der Waals surface area (Å²) in [6.07, 6.45) is 1.47. The minimum Gasteiger partial charge on any atom is -0.490 e. The molecule has 3 rings (SSSR count). The molecule has 0 aromatic heterocycles. The molecule has 0 saturated heterocycles. The third-order valence-electron chi connectivity index (χ3n) is 4.83. The minimum atomic E-state index is -0.527. The van der Waals surface area contributed by atoms with Gasteiger partial charge >= 0.3 is 0 Å². The number of rotatable bonds is 9. The van der Waals surface area contributed by atoms with Crippen molar-refractivity contribution in [2.45, 2.75) is 13.8 Å². The van der Waals surface area contributed by atoms with Gasteiger partial charge in [-0.2, -0.15) is 5.26 Å². The van der Waals surface area contributed by atoms with Gasteiger partial charge in [-0.15, -0.1) is 0 Å². The molecule has 0 unspecified atom stereocenters. The third-order valence-corrected chi connectivity index (χ3v) is 6.38. The van der Waals surface area contributed by atoms with Gasteiger partial charge in [0.15, 0.2) is 18.1 Å². The van der Waals surface area contributed by atoms with Gasteiger partial charge in [-0.1, -0.05) is 35.3 Å². The van der Waals surface area contributed by atoms with Crippen LogP contribution in [-0.2, 0) is 9.59 Å². The van der Waals surface area contributed by atoms with Crippen LogP contribution in [0.4, 0.5) is 11.4 Å². The molecule has 2 N–H and O–H groups in total. The number of hydrogen-bond donors (Lipinski definition) is 2. The van der Waals surface area contributed by atoms with Crippen LogP contribution in [0.1, 0.15) is 18.1 Å². The quantitative estimate of drug-likeness (QED) is 0.150. The van der Waals surface area contributed by atoms with E-state index >= 15 is 0 Å². The second kappa shape index (κ2) is 13.3. The molecule has 10 heteroatoms. The number of halogens is 3. The predicted molar refractivity (Wildman–Crippen MR) is 154 cm³/mol. The molecule has 0 heterocycles. The minimum absolute atomic E-state index is 0.0746. The zero-order valence-electron chi connectivity index (χ0n) is 19.9. The summed E-state index contributed by atoms with van der Waals surface area (Å²) in [7, 11) is 0. The van der Waals surface area contributed by atoms with Gasteiger partial charge in [-0.3, -0.25) is 9.59 Å². The first kappa shape index (κ1) is 28.3. The lowest BCUT2D eigenvalue weighted by Gasteiger charge is -2.15. The fraction of sp³-hybridized carbons (Fsp3) is 0.148. The first-order valence-electron chi connectivity index (χ1n) is 11.0. The third kappa shape index (κ3) is 8.12. The van der Waals surface area contributed by atoms with E-state index in [9.17, 15) is 14.9 Å². The van der Waals surface area contributed by atoms with E-state index in [1.165, 1.54) is 6.08 Å². The molecule has 0 saturated carbocycles. The Balaban J connectivity index is 1.77. The van der Waals surface area contributed by atoms with Gasteiger partial charge in [0.25, 0.3) is 11.8 Å². The maximum Gasteiger partial charge on any atom is 0.266 e. The number of amides is 2. The first-order chi connectivity index (χ1) is 17.7. The maximum atomic E-state index is 12.7. The van der Waals surface area contributed by atoms with E-state index in [0.717, 1.165) is 5.56 Å². The van der Waals surface area contributed by atoms with Crippen LogP contribution in [0.2, 0.25) is 10.0 Å². The Labute approximate surface area is 238 Å². The second-order valence-electron chi connectivity index (χ2n) is 7.72. The number of carbonyl (C=O) groups excluding carboxylic acids is 2. The molecule has 0 bridgehead atoms. The molecule has 3 aromatic carbocycles. The molecular weight excluding hydrogens is 628 g/mol. The number of benzene rings is 3. The zero-order chi connectivity index (χ0) is 26.9. The second-order valence-corrected chi connectivity index (χ2v) is 9.70. The molecule has 0 aliphatic heterocycles. The van der Waals surface area contributed by atoms with Crippen LogP contribution >= 0.6 is 45.8 Å². The summed E-state index contributed by atoms with van der Waals surface area (Å²) in [5.74, 6) is -0.188. The molecule has 0 aliphatic rings. The van der Waals surface area contributed by atoms with Crippen molar-refractivity contribution in [2.75, 3.05) is 23.8 Å².